The van der Waals surface area contributed by atoms with E-state index in [4.69, 9.17) is 10.5 Å². The third-order valence-electron chi connectivity index (χ3n) is 3.02. The summed E-state index contributed by atoms with van der Waals surface area (Å²) in [6.07, 6.45) is 3.65. The second kappa shape index (κ2) is 5.27. The van der Waals surface area contributed by atoms with Crippen LogP contribution in [0.2, 0.25) is 0 Å². The van der Waals surface area contributed by atoms with Crippen LogP contribution in [0.5, 0.6) is 5.88 Å². The molecule has 0 aromatic carbocycles. The van der Waals surface area contributed by atoms with Gasteiger partial charge in [-0.2, -0.15) is 4.98 Å². The highest BCUT2D eigenvalue weighted by molar-refractivity contribution is 5.55. The van der Waals surface area contributed by atoms with E-state index in [1.807, 2.05) is 32.9 Å². The van der Waals surface area contributed by atoms with Crippen LogP contribution in [0.3, 0.4) is 0 Å². The van der Waals surface area contributed by atoms with Crippen LogP contribution in [0.1, 0.15) is 47.0 Å². The van der Waals surface area contributed by atoms with Crippen molar-refractivity contribution in [2.45, 2.75) is 58.6 Å². The van der Waals surface area contributed by atoms with Gasteiger partial charge >= 0.3 is 0 Å². The molecule has 1 aliphatic carbocycles. The van der Waals surface area contributed by atoms with Gasteiger partial charge in [-0.05, 0) is 52.2 Å². The van der Waals surface area contributed by atoms with Crippen molar-refractivity contribution < 1.29 is 4.74 Å². The van der Waals surface area contributed by atoms with Gasteiger partial charge in [0.15, 0.2) is 0 Å². The van der Waals surface area contributed by atoms with Crippen molar-refractivity contribution in [2.24, 2.45) is 0 Å². The quantitative estimate of drug-likeness (QED) is 0.886. The van der Waals surface area contributed by atoms with Gasteiger partial charge in [-0.3, -0.25) is 0 Å². The minimum atomic E-state index is -0.283. The van der Waals surface area contributed by atoms with E-state index in [-0.39, 0.29) is 5.60 Å². The Hall–Kier alpha value is -1.45. The molecule has 0 saturated heterocycles. The second-order valence-corrected chi connectivity index (χ2v) is 6.20. The molecule has 1 aromatic heterocycles. The van der Waals surface area contributed by atoms with E-state index in [1.54, 1.807) is 0 Å². The molecule has 19 heavy (non-hydrogen) atoms. The third-order valence-corrected chi connectivity index (χ3v) is 3.02. The molecular weight excluding hydrogens is 238 g/mol. The van der Waals surface area contributed by atoms with E-state index < -0.39 is 0 Å². The second-order valence-electron chi connectivity index (χ2n) is 6.20. The molecule has 4 heteroatoms. The van der Waals surface area contributed by atoms with Crippen molar-refractivity contribution in [3.8, 4) is 5.88 Å². The number of nitrogens with two attached hydrogens (primary N) is 1. The monoisotopic (exact) mass is 263 g/mol. The summed E-state index contributed by atoms with van der Waals surface area (Å²) < 4.78 is 5.84. The van der Waals surface area contributed by atoms with E-state index in [2.05, 4.69) is 16.8 Å². The smallest absolute Gasteiger partial charge is 0.239 e. The number of anilines is 2. The minimum absolute atomic E-state index is 0.283. The van der Waals surface area contributed by atoms with Gasteiger partial charge in [0.1, 0.15) is 11.4 Å². The Balaban J connectivity index is 2.23. The largest absolute Gasteiger partial charge is 0.470 e. The van der Waals surface area contributed by atoms with Crippen LogP contribution in [-0.2, 0) is 0 Å². The standard InChI is InChI=1S/C15H25N3O/c1-5-10-18(11-6-7-11)13-9-8-12(16)14(17-13)19-15(2,3)4/h8-9,11H,5-7,10,16H2,1-4H3. The molecule has 1 aromatic rings. The molecule has 0 aliphatic heterocycles. The molecule has 1 heterocycles. The molecule has 1 fully saturated rings. The van der Waals surface area contributed by atoms with E-state index in [1.165, 1.54) is 12.8 Å². The molecule has 0 spiro atoms. The lowest BCUT2D eigenvalue weighted by Crippen LogP contribution is -2.28. The molecule has 106 valence electrons. The Morgan fingerprint density at radius 2 is 2.05 bits per heavy atom. The summed E-state index contributed by atoms with van der Waals surface area (Å²) in [7, 11) is 0. The lowest BCUT2D eigenvalue weighted by Gasteiger charge is -2.26. The van der Waals surface area contributed by atoms with Gasteiger partial charge in [0.05, 0.1) is 5.69 Å². The fraction of sp³-hybridized carbons (Fsp3) is 0.667. The highest BCUT2D eigenvalue weighted by atomic mass is 16.5. The third kappa shape index (κ3) is 3.75. The molecule has 2 N–H and O–H groups in total. The van der Waals surface area contributed by atoms with Crippen LogP contribution in [0, 0.1) is 0 Å². The molecule has 1 saturated carbocycles. The molecule has 0 unspecified atom stereocenters. The summed E-state index contributed by atoms with van der Waals surface area (Å²) in [5.74, 6) is 1.53. The predicted molar refractivity (Wildman–Crippen MR) is 79.7 cm³/mol. The van der Waals surface area contributed by atoms with Gasteiger partial charge in [0.2, 0.25) is 5.88 Å². The summed E-state index contributed by atoms with van der Waals surface area (Å²) in [5, 5.41) is 0. The summed E-state index contributed by atoms with van der Waals surface area (Å²) in [5.41, 5.74) is 6.28. The van der Waals surface area contributed by atoms with Gasteiger partial charge in [-0.25, -0.2) is 0 Å². The molecule has 0 amide bonds. The fourth-order valence-electron chi connectivity index (χ4n) is 2.08. The fourth-order valence-corrected chi connectivity index (χ4v) is 2.08. The van der Waals surface area contributed by atoms with Gasteiger partial charge in [0, 0.05) is 12.6 Å². The van der Waals surface area contributed by atoms with Crippen LogP contribution >= 0.6 is 0 Å². The Kier molecular flexibility index (Phi) is 3.88. The Labute approximate surface area is 116 Å². The van der Waals surface area contributed by atoms with Crippen LogP contribution in [0.15, 0.2) is 12.1 Å². The van der Waals surface area contributed by atoms with E-state index >= 15 is 0 Å². The molecule has 4 nitrogen and oxygen atoms in total. The Bertz CT molecular complexity index is 436. The van der Waals surface area contributed by atoms with Gasteiger partial charge in [-0.1, -0.05) is 6.92 Å². The number of nitrogen functional groups attached to an aromatic ring is 1. The molecular formula is C15H25N3O. The Morgan fingerprint density at radius 1 is 1.37 bits per heavy atom. The number of nitrogens with zero attached hydrogens (tertiary/aromatic N) is 2. The van der Waals surface area contributed by atoms with Gasteiger partial charge in [0.25, 0.3) is 0 Å². The first-order chi connectivity index (χ1) is 8.90. The average molecular weight is 263 g/mol. The van der Waals surface area contributed by atoms with Crippen molar-refractivity contribution in [1.82, 2.24) is 4.98 Å². The summed E-state index contributed by atoms with van der Waals surface area (Å²) in [6, 6.07) is 4.55. The Morgan fingerprint density at radius 3 is 2.58 bits per heavy atom. The normalized spacial score (nSPS) is 15.4. The number of pyridine rings is 1. The number of aromatic nitrogens is 1. The van der Waals surface area contributed by atoms with E-state index in [0.29, 0.717) is 17.6 Å². The molecule has 0 atom stereocenters. The zero-order valence-electron chi connectivity index (χ0n) is 12.4. The maximum absolute atomic E-state index is 5.96. The average Bonchev–Trinajstić information content (AvgIpc) is 3.11. The summed E-state index contributed by atoms with van der Waals surface area (Å²) in [6.45, 7) is 9.25. The lowest BCUT2D eigenvalue weighted by atomic mass is 10.2. The summed E-state index contributed by atoms with van der Waals surface area (Å²) >= 11 is 0. The first-order valence-corrected chi connectivity index (χ1v) is 7.13. The molecule has 0 radical (unpaired) electrons. The van der Waals surface area contributed by atoms with Crippen molar-refractivity contribution >= 4 is 11.5 Å². The van der Waals surface area contributed by atoms with Gasteiger partial charge in [-0.15, -0.1) is 0 Å². The maximum Gasteiger partial charge on any atom is 0.239 e. The maximum atomic E-state index is 5.96. The number of hydrogen-bond acceptors (Lipinski definition) is 4. The molecule has 0 bridgehead atoms. The van der Waals surface area contributed by atoms with Crippen LogP contribution < -0.4 is 15.4 Å². The van der Waals surface area contributed by atoms with Gasteiger partial charge < -0.3 is 15.4 Å². The predicted octanol–water partition coefficient (Wildman–Crippen LogP) is 3.22. The highest BCUT2D eigenvalue weighted by Crippen LogP contribution is 2.33. The number of ether oxygens (including phenoxy) is 1. The van der Waals surface area contributed by atoms with E-state index in [0.717, 1.165) is 18.8 Å². The summed E-state index contributed by atoms with van der Waals surface area (Å²) in [4.78, 5) is 6.99. The number of rotatable bonds is 5. The van der Waals surface area contributed by atoms with Crippen molar-refractivity contribution in [3.05, 3.63) is 12.1 Å². The van der Waals surface area contributed by atoms with Crippen molar-refractivity contribution in [2.75, 3.05) is 17.2 Å². The molecule has 1 aliphatic rings. The zero-order chi connectivity index (χ0) is 14.0. The first-order valence-electron chi connectivity index (χ1n) is 7.13. The first kappa shape index (κ1) is 14.0. The van der Waals surface area contributed by atoms with Crippen molar-refractivity contribution in [1.29, 1.82) is 0 Å². The highest BCUT2D eigenvalue weighted by Gasteiger charge is 2.30. The van der Waals surface area contributed by atoms with Crippen molar-refractivity contribution in [3.63, 3.8) is 0 Å². The topological polar surface area (TPSA) is 51.4 Å². The SMILES string of the molecule is CCCN(c1ccc(N)c(OC(C)(C)C)n1)C1CC1. The minimum Gasteiger partial charge on any atom is -0.470 e. The van der Waals surface area contributed by atoms with Crippen LogP contribution in [0.25, 0.3) is 0 Å². The van der Waals surface area contributed by atoms with Crippen LogP contribution in [-0.4, -0.2) is 23.2 Å². The van der Waals surface area contributed by atoms with Crippen LogP contribution in [0.4, 0.5) is 11.5 Å². The zero-order valence-corrected chi connectivity index (χ0v) is 12.4. The van der Waals surface area contributed by atoms with E-state index in [9.17, 15) is 0 Å². The lowest BCUT2D eigenvalue weighted by molar-refractivity contribution is 0.125. The molecule has 2 rings (SSSR count). The number of hydrogen-bond donors (Lipinski definition) is 1.